The van der Waals surface area contributed by atoms with Crippen molar-refractivity contribution in [3.8, 4) is 0 Å². The number of rotatable bonds is 3. The Labute approximate surface area is 146 Å². The van der Waals surface area contributed by atoms with Crippen LogP contribution in [0.2, 0.25) is 0 Å². The molecule has 1 N–H and O–H groups in total. The fraction of sp³-hybridized carbons (Fsp3) is 0.412. The van der Waals surface area contributed by atoms with E-state index in [-0.39, 0.29) is 18.4 Å². The van der Waals surface area contributed by atoms with Crippen LogP contribution in [0.4, 0.5) is 0 Å². The molecule has 0 spiro atoms. The van der Waals surface area contributed by atoms with Crippen molar-refractivity contribution in [2.24, 2.45) is 0 Å². The van der Waals surface area contributed by atoms with Crippen molar-refractivity contribution in [3.05, 3.63) is 36.2 Å². The molecule has 0 radical (unpaired) electrons. The van der Waals surface area contributed by atoms with E-state index in [1.807, 2.05) is 43.3 Å². The van der Waals surface area contributed by atoms with Gasteiger partial charge in [0.05, 0.1) is 36.5 Å². The summed E-state index contributed by atoms with van der Waals surface area (Å²) in [4.78, 5) is 33.8. The van der Waals surface area contributed by atoms with Crippen LogP contribution in [-0.4, -0.2) is 83.7 Å². The first-order chi connectivity index (χ1) is 12.1. The molecule has 3 rings (SSSR count). The molecule has 25 heavy (non-hydrogen) atoms. The quantitative estimate of drug-likeness (QED) is 0.819. The van der Waals surface area contributed by atoms with Gasteiger partial charge in [-0.05, 0) is 26.2 Å². The van der Waals surface area contributed by atoms with E-state index < -0.39 is 0 Å². The Morgan fingerprint density at radius 3 is 2.76 bits per heavy atom. The van der Waals surface area contributed by atoms with E-state index in [0.29, 0.717) is 25.5 Å². The molecule has 0 saturated carbocycles. The summed E-state index contributed by atoms with van der Waals surface area (Å²) in [7, 11) is 3.99. The fourth-order valence-corrected chi connectivity index (χ4v) is 2.70. The van der Waals surface area contributed by atoms with E-state index in [1.165, 1.54) is 0 Å². The van der Waals surface area contributed by atoms with Crippen LogP contribution in [0.1, 0.15) is 10.5 Å². The average Bonchev–Trinajstić information content (AvgIpc) is 2.61. The zero-order valence-corrected chi connectivity index (χ0v) is 14.3. The molecule has 1 aromatic carbocycles. The van der Waals surface area contributed by atoms with Crippen molar-refractivity contribution in [3.63, 3.8) is 0 Å². The van der Waals surface area contributed by atoms with Gasteiger partial charge in [-0.1, -0.05) is 12.1 Å². The van der Waals surface area contributed by atoms with Crippen molar-refractivity contribution in [1.29, 1.82) is 0 Å². The number of likely N-dealkylation sites (N-methyl/N-ethyl adjacent to an activating group) is 1. The number of ether oxygens (including phenoxy) is 1. The summed E-state index contributed by atoms with van der Waals surface area (Å²) < 4.78 is 5.51. The molecule has 1 aliphatic rings. The predicted octanol–water partition coefficient (Wildman–Crippen LogP) is 0.733. The topological polar surface area (TPSA) is 95.9 Å². The Morgan fingerprint density at radius 2 is 2.08 bits per heavy atom. The third-order valence-corrected chi connectivity index (χ3v) is 3.73. The van der Waals surface area contributed by atoms with E-state index in [4.69, 9.17) is 14.6 Å². The molecule has 8 nitrogen and oxygen atoms in total. The number of amides is 1. The van der Waals surface area contributed by atoms with Crippen LogP contribution in [0.15, 0.2) is 30.5 Å². The summed E-state index contributed by atoms with van der Waals surface area (Å²) in [5.74, 6) is -0.0756. The zero-order chi connectivity index (χ0) is 18.2. The Bertz CT molecular complexity index is 723. The molecular formula is C17H22N4O4. The first kappa shape index (κ1) is 18.8. The Morgan fingerprint density at radius 1 is 1.40 bits per heavy atom. The summed E-state index contributed by atoms with van der Waals surface area (Å²) in [6.45, 7) is 2.24. The van der Waals surface area contributed by atoms with Gasteiger partial charge in [0, 0.05) is 13.1 Å². The molecule has 1 saturated heterocycles. The molecule has 1 atom stereocenters. The summed E-state index contributed by atoms with van der Waals surface area (Å²) in [5.41, 5.74) is 1.93. The van der Waals surface area contributed by atoms with Crippen molar-refractivity contribution in [1.82, 2.24) is 19.8 Å². The van der Waals surface area contributed by atoms with Crippen molar-refractivity contribution in [2.45, 2.75) is 6.04 Å². The van der Waals surface area contributed by atoms with Gasteiger partial charge in [-0.25, -0.2) is 4.98 Å². The van der Waals surface area contributed by atoms with Gasteiger partial charge < -0.3 is 19.6 Å². The summed E-state index contributed by atoms with van der Waals surface area (Å²) >= 11 is 0. The number of carbonyl (C=O) groups excluding carboxylic acids is 1. The number of carbonyl (C=O) groups is 2. The first-order valence-corrected chi connectivity index (χ1v) is 7.90. The molecule has 134 valence electrons. The summed E-state index contributed by atoms with van der Waals surface area (Å²) in [6.07, 6.45) is 1.56. The van der Waals surface area contributed by atoms with Crippen LogP contribution in [0.25, 0.3) is 11.0 Å². The number of carboxylic acid groups (broad SMARTS) is 1. The average molecular weight is 346 g/mol. The maximum Gasteiger partial charge on any atom is 0.290 e. The van der Waals surface area contributed by atoms with E-state index in [9.17, 15) is 4.79 Å². The minimum Gasteiger partial charge on any atom is -0.483 e. The number of benzene rings is 1. The van der Waals surface area contributed by atoms with Gasteiger partial charge in [-0.2, -0.15) is 0 Å². The maximum absolute atomic E-state index is 12.8. The summed E-state index contributed by atoms with van der Waals surface area (Å²) in [5, 5.41) is 6.89. The third-order valence-electron chi connectivity index (χ3n) is 3.73. The highest BCUT2D eigenvalue weighted by molar-refractivity contribution is 5.94. The van der Waals surface area contributed by atoms with Crippen LogP contribution in [0, 0.1) is 0 Å². The third kappa shape index (κ3) is 4.94. The number of morpholine rings is 1. The lowest BCUT2D eigenvalue weighted by atomic mass is 10.2. The molecule has 0 bridgehead atoms. The SMILES string of the molecule is CN(C)CC1COCCN1C(=O)c1cnc2ccccc2n1.O=CO. The number of fused-ring (bicyclic) bond motifs is 1. The molecule has 8 heteroatoms. The number of para-hydroxylation sites is 2. The van der Waals surface area contributed by atoms with Crippen LogP contribution in [-0.2, 0) is 9.53 Å². The largest absolute Gasteiger partial charge is 0.483 e. The molecule has 1 fully saturated rings. The van der Waals surface area contributed by atoms with Crippen LogP contribution in [0.3, 0.4) is 0 Å². The van der Waals surface area contributed by atoms with Gasteiger partial charge in [0.1, 0.15) is 5.69 Å². The lowest BCUT2D eigenvalue weighted by molar-refractivity contribution is -0.122. The minimum atomic E-state index is -0.250. The Balaban J connectivity index is 0.000000701. The lowest BCUT2D eigenvalue weighted by Crippen LogP contribution is -2.52. The highest BCUT2D eigenvalue weighted by Gasteiger charge is 2.29. The number of nitrogens with zero attached hydrogens (tertiary/aromatic N) is 4. The number of hydrogen-bond acceptors (Lipinski definition) is 6. The Kier molecular flexibility index (Phi) is 6.79. The summed E-state index contributed by atoms with van der Waals surface area (Å²) in [6, 6.07) is 7.61. The van der Waals surface area contributed by atoms with Crippen LogP contribution in [0.5, 0.6) is 0 Å². The molecule has 1 aromatic heterocycles. The normalized spacial score (nSPS) is 17.1. The molecule has 1 unspecified atom stereocenters. The minimum absolute atomic E-state index is 0.0459. The van der Waals surface area contributed by atoms with Crippen molar-refractivity contribution >= 4 is 23.4 Å². The molecule has 2 aromatic rings. The van der Waals surface area contributed by atoms with E-state index in [1.54, 1.807) is 6.20 Å². The van der Waals surface area contributed by atoms with E-state index in [0.717, 1.165) is 17.6 Å². The van der Waals surface area contributed by atoms with Gasteiger partial charge in [-0.3, -0.25) is 14.6 Å². The standard InChI is InChI=1S/C16H20N4O2.CH2O2/c1-19(2)10-12-11-22-8-7-20(12)16(21)15-9-17-13-5-3-4-6-14(13)18-15;2-1-3/h3-6,9,12H,7-8,10-11H2,1-2H3;1H,(H,2,3). The lowest BCUT2D eigenvalue weighted by Gasteiger charge is -2.36. The highest BCUT2D eigenvalue weighted by Crippen LogP contribution is 2.14. The van der Waals surface area contributed by atoms with Gasteiger partial charge in [0.2, 0.25) is 0 Å². The van der Waals surface area contributed by atoms with Crippen molar-refractivity contribution < 1.29 is 19.4 Å². The van der Waals surface area contributed by atoms with Gasteiger partial charge >= 0.3 is 0 Å². The monoisotopic (exact) mass is 346 g/mol. The molecule has 0 aliphatic carbocycles. The smallest absolute Gasteiger partial charge is 0.290 e. The maximum atomic E-state index is 12.8. The molecule has 2 heterocycles. The second-order valence-electron chi connectivity index (χ2n) is 5.84. The Hall–Kier alpha value is -2.58. The van der Waals surface area contributed by atoms with Crippen molar-refractivity contribution in [2.75, 3.05) is 40.4 Å². The second-order valence-corrected chi connectivity index (χ2v) is 5.84. The first-order valence-electron chi connectivity index (χ1n) is 7.90. The van der Waals surface area contributed by atoms with Crippen LogP contribution < -0.4 is 0 Å². The fourth-order valence-electron chi connectivity index (χ4n) is 2.70. The van der Waals surface area contributed by atoms with E-state index in [2.05, 4.69) is 14.9 Å². The van der Waals surface area contributed by atoms with Gasteiger partial charge in [-0.15, -0.1) is 0 Å². The highest BCUT2D eigenvalue weighted by atomic mass is 16.5. The van der Waals surface area contributed by atoms with Gasteiger partial charge in [0.15, 0.2) is 0 Å². The van der Waals surface area contributed by atoms with Gasteiger partial charge in [0.25, 0.3) is 12.4 Å². The molecular weight excluding hydrogens is 324 g/mol. The number of hydrogen-bond donors (Lipinski definition) is 1. The predicted molar refractivity (Wildman–Crippen MR) is 92.4 cm³/mol. The van der Waals surface area contributed by atoms with Crippen LogP contribution >= 0.6 is 0 Å². The number of aromatic nitrogens is 2. The molecule has 1 amide bonds. The zero-order valence-electron chi connectivity index (χ0n) is 14.3. The molecule has 1 aliphatic heterocycles. The van der Waals surface area contributed by atoms with E-state index >= 15 is 0 Å². The second kappa shape index (κ2) is 9.05.